The average molecular weight is 339 g/mol. The first kappa shape index (κ1) is 17.0. The third-order valence-corrected chi connectivity index (χ3v) is 4.46. The molecule has 5 nitrogen and oxygen atoms in total. The lowest BCUT2D eigenvalue weighted by Gasteiger charge is -2.13. The molecule has 2 aromatic carbocycles. The van der Waals surface area contributed by atoms with Gasteiger partial charge in [-0.05, 0) is 48.6 Å². The van der Waals surface area contributed by atoms with Gasteiger partial charge in [-0.25, -0.2) is 4.79 Å². The van der Waals surface area contributed by atoms with Crippen LogP contribution in [0.5, 0.6) is 5.75 Å². The van der Waals surface area contributed by atoms with Crippen LogP contribution in [-0.4, -0.2) is 22.5 Å². The van der Waals surface area contributed by atoms with Crippen molar-refractivity contribution in [2.45, 2.75) is 38.3 Å². The van der Waals surface area contributed by atoms with E-state index in [1.807, 2.05) is 55.5 Å². The van der Waals surface area contributed by atoms with Crippen molar-refractivity contribution >= 4 is 11.9 Å². The number of amides is 1. The SMILES string of the molecule is Cc1ccccc1COc1cccc(CC(=O)NC2(C(=O)O)CC2)c1. The maximum Gasteiger partial charge on any atom is 0.329 e. The van der Waals surface area contributed by atoms with Crippen molar-refractivity contribution in [3.05, 3.63) is 65.2 Å². The van der Waals surface area contributed by atoms with Crippen LogP contribution < -0.4 is 10.1 Å². The van der Waals surface area contributed by atoms with Crippen LogP contribution in [-0.2, 0) is 22.6 Å². The van der Waals surface area contributed by atoms with Crippen LogP contribution in [0.1, 0.15) is 29.5 Å². The number of hydrogen-bond donors (Lipinski definition) is 2. The van der Waals surface area contributed by atoms with Crippen LogP contribution in [0.4, 0.5) is 0 Å². The molecule has 0 unspecified atom stereocenters. The van der Waals surface area contributed by atoms with Gasteiger partial charge in [-0.1, -0.05) is 36.4 Å². The van der Waals surface area contributed by atoms with E-state index >= 15 is 0 Å². The molecular formula is C20H21NO4. The lowest BCUT2D eigenvalue weighted by atomic mass is 10.1. The molecular weight excluding hydrogens is 318 g/mol. The van der Waals surface area contributed by atoms with Crippen LogP contribution in [0.2, 0.25) is 0 Å². The zero-order chi connectivity index (χ0) is 17.9. The number of aryl methyl sites for hydroxylation is 1. The molecule has 5 heteroatoms. The molecule has 0 saturated heterocycles. The first-order valence-electron chi connectivity index (χ1n) is 8.29. The second-order valence-corrected chi connectivity index (χ2v) is 6.47. The Morgan fingerprint density at radius 3 is 2.60 bits per heavy atom. The molecule has 1 amide bonds. The van der Waals surface area contributed by atoms with Gasteiger partial charge < -0.3 is 15.2 Å². The fraction of sp³-hybridized carbons (Fsp3) is 0.300. The molecule has 1 fully saturated rings. The monoisotopic (exact) mass is 339 g/mol. The molecule has 25 heavy (non-hydrogen) atoms. The van der Waals surface area contributed by atoms with Gasteiger partial charge in [-0.2, -0.15) is 0 Å². The van der Waals surface area contributed by atoms with Crippen molar-refractivity contribution in [1.29, 1.82) is 0 Å². The van der Waals surface area contributed by atoms with Gasteiger partial charge in [-0.15, -0.1) is 0 Å². The third kappa shape index (κ3) is 4.18. The number of carboxylic acid groups (broad SMARTS) is 1. The molecule has 2 aromatic rings. The number of aliphatic carboxylic acids is 1. The van der Waals surface area contributed by atoms with Gasteiger partial charge in [0.2, 0.25) is 5.91 Å². The number of nitrogens with one attached hydrogen (secondary N) is 1. The Hall–Kier alpha value is -2.82. The van der Waals surface area contributed by atoms with E-state index in [2.05, 4.69) is 5.32 Å². The molecule has 1 aliphatic carbocycles. The van der Waals surface area contributed by atoms with Crippen molar-refractivity contribution in [3.8, 4) is 5.75 Å². The Morgan fingerprint density at radius 1 is 1.16 bits per heavy atom. The summed E-state index contributed by atoms with van der Waals surface area (Å²) in [6.07, 6.45) is 1.12. The number of carbonyl (C=O) groups is 2. The largest absolute Gasteiger partial charge is 0.489 e. The van der Waals surface area contributed by atoms with Gasteiger partial charge in [0, 0.05) is 0 Å². The molecule has 3 rings (SSSR count). The summed E-state index contributed by atoms with van der Waals surface area (Å²) >= 11 is 0. The number of carbonyl (C=O) groups excluding carboxylic acids is 1. The maximum atomic E-state index is 12.1. The van der Waals surface area contributed by atoms with Crippen LogP contribution in [0.15, 0.2) is 48.5 Å². The standard InChI is InChI=1S/C20H21NO4/c1-14-5-2-3-7-16(14)13-25-17-8-4-6-15(11-17)12-18(22)21-20(9-10-20)19(23)24/h2-8,11H,9-10,12-13H2,1H3,(H,21,22)(H,23,24). The predicted octanol–water partition coefficient (Wildman–Crippen LogP) is 2.85. The minimum Gasteiger partial charge on any atom is -0.489 e. The Balaban J connectivity index is 1.59. The van der Waals surface area contributed by atoms with E-state index in [1.165, 1.54) is 5.56 Å². The highest BCUT2D eigenvalue weighted by atomic mass is 16.5. The Bertz CT molecular complexity index is 796. The lowest BCUT2D eigenvalue weighted by Crippen LogP contribution is -2.43. The highest BCUT2D eigenvalue weighted by molar-refractivity contribution is 5.90. The summed E-state index contributed by atoms with van der Waals surface area (Å²) in [6, 6.07) is 15.4. The zero-order valence-corrected chi connectivity index (χ0v) is 14.1. The van der Waals surface area contributed by atoms with E-state index in [4.69, 9.17) is 9.84 Å². The minimum atomic E-state index is -1.05. The average Bonchev–Trinajstić information content (AvgIpc) is 3.35. The van der Waals surface area contributed by atoms with E-state index in [1.54, 1.807) is 0 Å². The van der Waals surface area contributed by atoms with E-state index in [9.17, 15) is 9.59 Å². The first-order chi connectivity index (χ1) is 12.0. The van der Waals surface area contributed by atoms with Crippen molar-refractivity contribution in [2.24, 2.45) is 0 Å². The highest BCUT2D eigenvalue weighted by Gasteiger charge is 2.51. The van der Waals surface area contributed by atoms with E-state index in [0.29, 0.717) is 25.2 Å². The summed E-state index contributed by atoms with van der Waals surface area (Å²) in [5.74, 6) is -0.556. The number of rotatable bonds is 7. The Kier molecular flexibility index (Phi) is 4.74. The Labute approximate surface area is 146 Å². The van der Waals surface area contributed by atoms with Gasteiger partial charge in [-0.3, -0.25) is 4.79 Å². The van der Waals surface area contributed by atoms with Crippen molar-refractivity contribution in [3.63, 3.8) is 0 Å². The minimum absolute atomic E-state index is 0.136. The maximum absolute atomic E-state index is 12.1. The van der Waals surface area contributed by atoms with Gasteiger partial charge in [0.1, 0.15) is 17.9 Å². The molecule has 0 bridgehead atoms. The van der Waals surface area contributed by atoms with Crippen LogP contribution in [0, 0.1) is 6.92 Å². The molecule has 0 radical (unpaired) electrons. The van der Waals surface area contributed by atoms with Crippen molar-refractivity contribution in [1.82, 2.24) is 5.32 Å². The Morgan fingerprint density at radius 2 is 1.92 bits per heavy atom. The number of hydrogen-bond acceptors (Lipinski definition) is 3. The predicted molar refractivity (Wildman–Crippen MR) is 93.4 cm³/mol. The fourth-order valence-corrected chi connectivity index (χ4v) is 2.69. The van der Waals surface area contributed by atoms with E-state index < -0.39 is 11.5 Å². The number of carboxylic acids is 1. The summed E-state index contributed by atoms with van der Waals surface area (Å²) in [5.41, 5.74) is 2.03. The summed E-state index contributed by atoms with van der Waals surface area (Å²) < 4.78 is 5.82. The number of ether oxygens (including phenoxy) is 1. The van der Waals surface area contributed by atoms with Crippen LogP contribution in [0.3, 0.4) is 0 Å². The molecule has 2 N–H and O–H groups in total. The van der Waals surface area contributed by atoms with Crippen molar-refractivity contribution in [2.75, 3.05) is 0 Å². The quantitative estimate of drug-likeness (QED) is 0.813. The summed E-state index contributed by atoms with van der Waals surface area (Å²) in [6.45, 7) is 2.50. The number of benzene rings is 2. The molecule has 0 heterocycles. The van der Waals surface area contributed by atoms with Gasteiger partial charge in [0.25, 0.3) is 0 Å². The molecule has 0 aliphatic heterocycles. The highest BCUT2D eigenvalue weighted by Crippen LogP contribution is 2.35. The summed E-state index contributed by atoms with van der Waals surface area (Å²) in [5, 5.41) is 11.7. The normalized spacial score (nSPS) is 14.6. The van der Waals surface area contributed by atoms with Gasteiger partial charge >= 0.3 is 5.97 Å². The molecule has 130 valence electrons. The zero-order valence-electron chi connectivity index (χ0n) is 14.1. The molecule has 1 aliphatic rings. The van der Waals surface area contributed by atoms with Gasteiger partial charge in [0.05, 0.1) is 6.42 Å². The van der Waals surface area contributed by atoms with Crippen LogP contribution >= 0.6 is 0 Å². The molecule has 1 saturated carbocycles. The van der Waals surface area contributed by atoms with Gasteiger partial charge in [0.15, 0.2) is 0 Å². The third-order valence-electron chi connectivity index (χ3n) is 4.46. The first-order valence-corrected chi connectivity index (χ1v) is 8.29. The van der Waals surface area contributed by atoms with Crippen LogP contribution in [0.25, 0.3) is 0 Å². The second-order valence-electron chi connectivity index (χ2n) is 6.47. The van der Waals surface area contributed by atoms with E-state index in [0.717, 1.165) is 11.1 Å². The fourth-order valence-electron chi connectivity index (χ4n) is 2.69. The van der Waals surface area contributed by atoms with E-state index in [-0.39, 0.29) is 12.3 Å². The topological polar surface area (TPSA) is 75.6 Å². The molecule has 0 spiro atoms. The summed E-state index contributed by atoms with van der Waals surface area (Å²) in [7, 11) is 0. The van der Waals surface area contributed by atoms with Crippen molar-refractivity contribution < 1.29 is 19.4 Å². The smallest absolute Gasteiger partial charge is 0.329 e. The summed E-state index contributed by atoms with van der Waals surface area (Å²) in [4.78, 5) is 23.2. The second kappa shape index (κ2) is 6.97. The molecule has 0 aromatic heterocycles. The molecule has 0 atom stereocenters. The lowest BCUT2D eigenvalue weighted by molar-refractivity contribution is -0.143.